The van der Waals surface area contributed by atoms with Gasteiger partial charge in [0.25, 0.3) is 5.91 Å². The highest BCUT2D eigenvalue weighted by molar-refractivity contribution is 7.89. The molecule has 2 heterocycles. The summed E-state index contributed by atoms with van der Waals surface area (Å²) >= 11 is 0. The Kier molecular flexibility index (Phi) is 6.22. The maximum atomic E-state index is 12.9. The molecule has 0 saturated carbocycles. The van der Waals surface area contributed by atoms with Gasteiger partial charge in [-0.15, -0.1) is 0 Å². The second-order valence-electron chi connectivity index (χ2n) is 8.28. The van der Waals surface area contributed by atoms with E-state index in [4.69, 9.17) is 0 Å². The quantitative estimate of drug-likeness (QED) is 0.653. The van der Waals surface area contributed by atoms with Crippen LogP contribution in [-0.4, -0.2) is 61.1 Å². The average Bonchev–Trinajstić information content (AvgIpc) is 3.40. The van der Waals surface area contributed by atoms with Gasteiger partial charge in [0, 0.05) is 24.5 Å². The molecule has 0 aliphatic carbocycles. The molecule has 4 amide bonds. The van der Waals surface area contributed by atoms with E-state index in [1.54, 1.807) is 31.2 Å². The Bertz CT molecular complexity index is 1190. The summed E-state index contributed by atoms with van der Waals surface area (Å²) in [5, 5.41) is 2.60. The van der Waals surface area contributed by atoms with Crippen LogP contribution in [0.15, 0.2) is 53.4 Å². The van der Waals surface area contributed by atoms with Gasteiger partial charge in [0.1, 0.15) is 12.6 Å². The van der Waals surface area contributed by atoms with E-state index in [9.17, 15) is 22.8 Å². The standard InChI is InChI=1S/C23H26N4O5S/c1-16-8-10-19(11-9-16)27-17(2)22(29)26(23(27)30)15-21(28)24-18-6-5-7-20(14-18)33(31,32)25-12-3-4-13-25/h5-11,14,17H,3-4,12-13,15H2,1-2H3,(H,24,28). The molecule has 1 unspecified atom stereocenters. The van der Waals surface area contributed by atoms with E-state index in [-0.39, 0.29) is 10.6 Å². The van der Waals surface area contributed by atoms with E-state index in [0.717, 1.165) is 23.3 Å². The van der Waals surface area contributed by atoms with Crippen molar-refractivity contribution in [2.45, 2.75) is 37.6 Å². The predicted octanol–water partition coefficient (Wildman–Crippen LogP) is 2.58. The topological polar surface area (TPSA) is 107 Å². The fourth-order valence-corrected chi connectivity index (χ4v) is 5.63. The van der Waals surface area contributed by atoms with E-state index >= 15 is 0 Å². The molecule has 2 saturated heterocycles. The summed E-state index contributed by atoms with van der Waals surface area (Å²) < 4.78 is 27.0. The highest BCUT2D eigenvalue weighted by atomic mass is 32.2. The predicted molar refractivity (Wildman–Crippen MR) is 123 cm³/mol. The van der Waals surface area contributed by atoms with Crippen LogP contribution in [0.25, 0.3) is 0 Å². The van der Waals surface area contributed by atoms with Crippen molar-refractivity contribution < 1.29 is 22.8 Å². The Labute approximate surface area is 193 Å². The first kappa shape index (κ1) is 22.9. The van der Waals surface area contributed by atoms with Crippen LogP contribution in [0, 0.1) is 6.92 Å². The maximum Gasteiger partial charge on any atom is 0.332 e. The lowest BCUT2D eigenvalue weighted by Crippen LogP contribution is -2.39. The Morgan fingerprint density at radius 1 is 1.06 bits per heavy atom. The second-order valence-corrected chi connectivity index (χ2v) is 10.2. The Hall–Kier alpha value is -3.24. The monoisotopic (exact) mass is 470 g/mol. The van der Waals surface area contributed by atoms with Crippen LogP contribution >= 0.6 is 0 Å². The van der Waals surface area contributed by atoms with Crippen LogP contribution in [0.2, 0.25) is 0 Å². The second kappa shape index (κ2) is 8.95. The Balaban J connectivity index is 1.46. The molecule has 9 nitrogen and oxygen atoms in total. The number of carbonyl (C=O) groups is 3. The summed E-state index contributed by atoms with van der Waals surface area (Å²) in [6, 6.07) is 11.9. The molecule has 174 valence electrons. The fraction of sp³-hybridized carbons (Fsp3) is 0.348. The largest absolute Gasteiger partial charge is 0.332 e. The molecule has 2 aromatic rings. The SMILES string of the molecule is Cc1ccc(N2C(=O)N(CC(=O)Nc3cccc(S(=O)(=O)N4CCCC4)c3)C(=O)C2C)cc1. The highest BCUT2D eigenvalue weighted by Gasteiger charge is 2.44. The van der Waals surface area contributed by atoms with Crippen LogP contribution < -0.4 is 10.2 Å². The molecule has 2 aromatic carbocycles. The number of hydrogen-bond acceptors (Lipinski definition) is 5. The zero-order valence-electron chi connectivity index (χ0n) is 18.5. The molecule has 10 heteroatoms. The number of aryl methyl sites for hydroxylation is 1. The molecule has 0 bridgehead atoms. The molecule has 2 aliphatic heterocycles. The molecular formula is C23H26N4O5S. The van der Waals surface area contributed by atoms with Crippen LogP contribution in [0.5, 0.6) is 0 Å². The Morgan fingerprint density at radius 3 is 2.39 bits per heavy atom. The number of sulfonamides is 1. The molecule has 0 radical (unpaired) electrons. The number of benzene rings is 2. The number of nitrogens with zero attached hydrogens (tertiary/aromatic N) is 3. The van der Waals surface area contributed by atoms with Gasteiger partial charge in [0.15, 0.2) is 0 Å². The lowest BCUT2D eigenvalue weighted by molar-refractivity contribution is -0.130. The summed E-state index contributed by atoms with van der Waals surface area (Å²) in [6.45, 7) is 4.03. The zero-order chi connectivity index (χ0) is 23.8. The minimum atomic E-state index is -3.63. The molecule has 1 N–H and O–H groups in total. The third-order valence-corrected chi connectivity index (χ3v) is 7.78. The van der Waals surface area contributed by atoms with Crippen LogP contribution in [0.1, 0.15) is 25.3 Å². The van der Waals surface area contributed by atoms with E-state index < -0.39 is 40.5 Å². The average molecular weight is 471 g/mol. The number of hydrogen-bond donors (Lipinski definition) is 1. The third-order valence-electron chi connectivity index (χ3n) is 5.88. The van der Waals surface area contributed by atoms with Gasteiger partial charge in [0.2, 0.25) is 15.9 Å². The van der Waals surface area contributed by atoms with Crippen molar-refractivity contribution in [2.24, 2.45) is 0 Å². The van der Waals surface area contributed by atoms with E-state index in [1.807, 2.05) is 19.1 Å². The number of anilines is 2. The first-order valence-corrected chi connectivity index (χ1v) is 12.2. The molecule has 4 rings (SSSR count). The van der Waals surface area contributed by atoms with Gasteiger partial charge in [-0.3, -0.25) is 19.4 Å². The van der Waals surface area contributed by atoms with Gasteiger partial charge < -0.3 is 5.32 Å². The van der Waals surface area contributed by atoms with Gasteiger partial charge in [0.05, 0.1) is 4.90 Å². The van der Waals surface area contributed by atoms with Gasteiger partial charge in [-0.05, 0) is 57.0 Å². The van der Waals surface area contributed by atoms with Gasteiger partial charge in [-0.2, -0.15) is 4.31 Å². The first-order valence-electron chi connectivity index (χ1n) is 10.8. The number of rotatable bonds is 6. The molecule has 0 aromatic heterocycles. The Morgan fingerprint density at radius 2 is 1.73 bits per heavy atom. The summed E-state index contributed by atoms with van der Waals surface area (Å²) in [7, 11) is -3.63. The zero-order valence-corrected chi connectivity index (χ0v) is 19.3. The first-order chi connectivity index (χ1) is 15.7. The molecule has 2 aliphatic rings. The maximum absolute atomic E-state index is 12.9. The number of nitrogens with one attached hydrogen (secondary N) is 1. The molecule has 2 fully saturated rings. The minimum absolute atomic E-state index is 0.0923. The van der Waals surface area contributed by atoms with E-state index in [2.05, 4.69) is 5.32 Å². The smallest absolute Gasteiger partial charge is 0.324 e. The van der Waals surface area contributed by atoms with E-state index in [1.165, 1.54) is 21.3 Å². The van der Waals surface area contributed by atoms with Crippen LogP contribution in [-0.2, 0) is 19.6 Å². The molecule has 1 atom stereocenters. The van der Waals surface area contributed by atoms with E-state index in [0.29, 0.717) is 18.8 Å². The number of carbonyl (C=O) groups excluding carboxylic acids is 3. The molecular weight excluding hydrogens is 444 g/mol. The van der Waals surface area contributed by atoms with Crippen molar-refractivity contribution in [1.82, 2.24) is 9.21 Å². The van der Waals surface area contributed by atoms with Crippen molar-refractivity contribution in [1.29, 1.82) is 0 Å². The lowest BCUT2D eigenvalue weighted by Gasteiger charge is -2.19. The van der Waals surface area contributed by atoms with Crippen LogP contribution in [0.3, 0.4) is 0 Å². The minimum Gasteiger partial charge on any atom is -0.324 e. The molecule has 0 spiro atoms. The normalized spacial score (nSPS) is 19.4. The summed E-state index contributed by atoms with van der Waals surface area (Å²) in [6.07, 6.45) is 1.65. The number of urea groups is 1. The summed E-state index contributed by atoms with van der Waals surface area (Å²) in [4.78, 5) is 40.6. The van der Waals surface area contributed by atoms with Crippen molar-refractivity contribution in [2.75, 3.05) is 29.9 Å². The molecule has 33 heavy (non-hydrogen) atoms. The van der Waals surface area contributed by atoms with Gasteiger partial charge in [-0.25, -0.2) is 13.2 Å². The van der Waals surface area contributed by atoms with Gasteiger partial charge >= 0.3 is 6.03 Å². The third kappa shape index (κ3) is 4.49. The number of amides is 4. The van der Waals surface area contributed by atoms with Gasteiger partial charge in [-0.1, -0.05) is 23.8 Å². The highest BCUT2D eigenvalue weighted by Crippen LogP contribution is 2.26. The van der Waals surface area contributed by atoms with Crippen molar-refractivity contribution in [3.8, 4) is 0 Å². The summed E-state index contributed by atoms with van der Waals surface area (Å²) in [5.41, 5.74) is 1.88. The van der Waals surface area contributed by atoms with Crippen molar-refractivity contribution in [3.63, 3.8) is 0 Å². The van der Waals surface area contributed by atoms with Crippen molar-refractivity contribution in [3.05, 3.63) is 54.1 Å². The fourth-order valence-electron chi connectivity index (χ4n) is 4.07. The lowest BCUT2D eigenvalue weighted by atomic mass is 10.2. The summed E-state index contributed by atoms with van der Waals surface area (Å²) in [5.74, 6) is -1.06. The van der Waals surface area contributed by atoms with Crippen molar-refractivity contribution >= 4 is 39.2 Å². The number of imide groups is 1. The van der Waals surface area contributed by atoms with Crippen LogP contribution in [0.4, 0.5) is 16.2 Å².